The maximum atomic E-state index is 13.3. The molecular formula is C15H16FNS. The van der Waals surface area contributed by atoms with Gasteiger partial charge in [-0.3, -0.25) is 0 Å². The molecule has 0 heterocycles. The van der Waals surface area contributed by atoms with Crippen LogP contribution in [0.2, 0.25) is 0 Å². The van der Waals surface area contributed by atoms with E-state index in [1.54, 1.807) is 17.8 Å². The van der Waals surface area contributed by atoms with E-state index in [9.17, 15) is 4.39 Å². The first-order chi connectivity index (χ1) is 8.67. The van der Waals surface area contributed by atoms with Crippen LogP contribution in [0, 0.1) is 12.7 Å². The summed E-state index contributed by atoms with van der Waals surface area (Å²) >= 11 is 1.70. The topological polar surface area (TPSA) is 26.0 Å². The summed E-state index contributed by atoms with van der Waals surface area (Å²) in [6.07, 6.45) is 0. The van der Waals surface area contributed by atoms with Crippen molar-refractivity contribution in [3.8, 4) is 0 Å². The molecule has 18 heavy (non-hydrogen) atoms. The van der Waals surface area contributed by atoms with Gasteiger partial charge >= 0.3 is 0 Å². The molecule has 94 valence electrons. The van der Waals surface area contributed by atoms with E-state index in [0.29, 0.717) is 6.54 Å². The lowest BCUT2D eigenvalue weighted by Crippen LogP contribution is -1.98. The Kier molecular flexibility index (Phi) is 4.39. The first-order valence-electron chi connectivity index (χ1n) is 5.85. The van der Waals surface area contributed by atoms with Crippen LogP contribution in [0.1, 0.15) is 16.7 Å². The monoisotopic (exact) mass is 261 g/mol. The van der Waals surface area contributed by atoms with Crippen LogP contribution >= 0.6 is 11.8 Å². The summed E-state index contributed by atoms with van der Waals surface area (Å²) in [6.45, 7) is 2.44. The van der Waals surface area contributed by atoms with Gasteiger partial charge in [-0.05, 0) is 42.3 Å². The van der Waals surface area contributed by atoms with Crippen molar-refractivity contribution in [1.29, 1.82) is 0 Å². The molecule has 0 bridgehead atoms. The molecule has 0 aromatic heterocycles. The zero-order chi connectivity index (χ0) is 13.0. The quantitative estimate of drug-likeness (QED) is 0.845. The molecule has 2 N–H and O–H groups in total. The normalized spacial score (nSPS) is 10.6. The van der Waals surface area contributed by atoms with Crippen LogP contribution in [-0.2, 0) is 12.3 Å². The van der Waals surface area contributed by atoms with Crippen LogP contribution in [0.5, 0.6) is 0 Å². The molecule has 0 aliphatic heterocycles. The van der Waals surface area contributed by atoms with Gasteiger partial charge in [-0.15, -0.1) is 11.8 Å². The fourth-order valence-corrected chi connectivity index (χ4v) is 2.55. The smallest absolute Gasteiger partial charge is 0.123 e. The zero-order valence-corrected chi connectivity index (χ0v) is 11.1. The van der Waals surface area contributed by atoms with Crippen molar-refractivity contribution in [2.45, 2.75) is 24.1 Å². The summed E-state index contributed by atoms with van der Waals surface area (Å²) in [7, 11) is 0. The van der Waals surface area contributed by atoms with Crippen LogP contribution in [0.4, 0.5) is 4.39 Å². The van der Waals surface area contributed by atoms with Gasteiger partial charge in [0.15, 0.2) is 0 Å². The average Bonchev–Trinajstić information content (AvgIpc) is 2.37. The molecular weight excluding hydrogens is 245 g/mol. The molecule has 3 heteroatoms. The number of hydrogen-bond donors (Lipinski definition) is 1. The highest BCUT2D eigenvalue weighted by Gasteiger charge is 2.01. The highest BCUT2D eigenvalue weighted by atomic mass is 32.2. The molecule has 2 rings (SSSR count). The number of nitrogens with two attached hydrogens (primary N) is 1. The average molecular weight is 261 g/mol. The van der Waals surface area contributed by atoms with Crippen LogP contribution in [0.25, 0.3) is 0 Å². The number of benzene rings is 2. The molecule has 0 aliphatic rings. The number of hydrogen-bond acceptors (Lipinski definition) is 2. The largest absolute Gasteiger partial charge is 0.326 e. The third-order valence-electron chi connectivity index (χ3n) is 2.68. The lowest BCUT2D eigenvalue weighted by molar-refractivity contribution is 0.624. The SMILES string of the molecule is Cc1ccc(SCc2cc(F)cc(CN)c2)cc1. The molecule has 0 saturated heterocycles. The summed E-state index contributed by atoms with van der Waals surface area (Å²) < 4.78 is 13.3. The van der Waals surface area contributed by atoms with Crippen molar-refractivity contribution in [3.63, 3.8) is 0 Å². The van der Waals surface area contributed by atoms with Gasteiger partial charge in [-0.2, -0.15) is 0 Å². The predicted octanol–water partition coefficient (Wildman–Crippen LogP) is 3.89. The van der Waals surface area contributed by atoms with E-state index in [-0.39, 0.29) is 5.82 Å². The Balaban J connectivity index is 2.05. The van der Waals surface area contributed by atoms with Gasteiger partial charge in [0.1, 0.15) is 5.82 Å². The van der Waals surface area contributed by atoms with Crippen LogP contribution in [-0.4, -0.2) is 0 Å². The van der Waals surface area contributed by atoms with Gasteiger partial charge < -0.3 is 5.73 Å². The van der Waals surface area contributed by atoms with Crippen molar-refractivity contribution in [3.05, 3.63) is 65.0 Å². The maximum absolute atomic E-state index is 13.3. The van der Waals surface area contributed by atoms with Gasteiger partial charge in [-0.25, -0.2) is 4.39 Å². The highest BCUT2D eigenvalue weighted by Crippen LogP contribution is 2.24. The summed E-state index contributed by atoms with van der Waals surface area (Å²) in [6, 6.07) is 13.4. The van der Waals surface area contributed by atoms with Gasteiger partial charge in [0.25, 0.3) is 0 Å². The molecule has 0 fully saturated rings. The van der Waals surface area contributed by atoms with Crippen LogP contribution in [0.15, 0.2) is 47.4 Å². The molecule has 1 nitrogen and oxygen atoms in total. The Morgan fingerprint density at radius 3 is 2.39 bits per heavy atom. The second-order valence-electron chi connectivity index (χ2n) is 4.27. The fourth-order valence-electron chi connectivity index (χ4n) is 1.72. The Morgan fingerprint density at radius 2 is 1.72 bits per heavy atom. The molecule has 2 aromatic carbocycles. The Bertz CT molecular complexity index is 523. The van der Waals surface area contributed by atoms with Gasteiger partial charge in [0.05, 0.1) is 0 Å². The number of halogens is 1. The standard InChI is InChI=1S/C15H16FNS/c1-11-2-4-15(5-3-11)18-10-13-6-12(9-17)7-14(16)8-13/h2-8H,9-10,17H2,1H3. The predicted molar refractivity (Wildman–Crippen MR) is 75.0 cm³/mol. The van der Waals surface area contributed by atoms with E-state index < -0.39 is 0 Å². The van der Waals surface area contributed by atoms with Crippen molar-refractivity contribution >= 4 is 11.8 Å². The van der Waals surface area contributed by atoms with E-state index in [0.717, 1.165) is 16.9 Å². The minimum Gasteiger partial charge on any atom is -0.326 e. The van der Waals surface area contributed by atoms with E-state index in [1.807, 2.05) is 6.07 Å². The lowest BCUT2D eigenvalue weighted by atomic mass is 10.1. The summed E-state index contributed by atoms with van der Waals surface area (Å²) in [4.78, 5) is 1.19. The van der Waals surface area contributed by atoms with Gasteiger partial charge in [0.2, 0.25) is 0 Å². The first kappa shape index (κ1) is 13.1. The zero-order valence-electron chi connectivity index (χ0n) is 10.3. The summed E-state index contributed by atoms with van der Waals surface area (Å²) in [5, 5.41) is 0. The van der Waals surface area contributed by atoms with Crippen molar-refractivity contribution in [2.24, 2.45) is 5.73 Å². The molecule has 0 atom stereocenters. The van der Waals surface area contributed by atoms with Crippen molar-refractivity contribution in [1.82, 2.24) is 0 Å². The van der Waals surface area contributed by atoms with Gasteiger partial charge in [0, 0.05) is 17.2 Å². The third-order valence-corrected chi connectivity index (χ3v) is 3.76. The third kappa shape index (κ3) is 3.59. The lowest BCUT2D eigenvalue weighted by Gasteiger charge is -2.05. The second-order valence-corrected chi connectivity index (χ2v) is 5.32. The second kappa shape index (κ2) is 6.03. The van der Waals surface area contributed by atoms with E-state index >= 15 is 0 Å². The molecule has 0 unspecified atom stereocenters. The number of thioether (sulfide) groups is 1. The molecule has 0 saturated carbocycles. The maximum Gasteiger partial charge on any atom is 0.123 e. The summed E-state index contributed by atoms with van der Waals surface area (Å²) in [5.74, 6) is 0.547. The number of rotatable bonds is 4. The first-order valence-corrected chi connectivity index (χ1v) is 6.84. The van der Waals surface area contributed by atoms with E-state index in [2.05, 4.69) is 31.2 Å². The molecule has 2 aromatic rings. The molecule has 0 amide bonds. The molecule has 0 spiro atoms. The van der Waals surface area contributed by atoms with Crippen LogP contribution in [0.3, 0.4) is 0 Å². The van der Waals surface area contributed by atoms with Gasteiger partial charge in [-0.1, -0.05) is 23.8 Å². The van der Waals surface area contributed by atoms with E-state index in [1.165, 1.54) is 16.5 Å². The fraction of sp³-hybridized carbons (Fsp3) is 0.200. The minimum atomic E-state index is -0.211. The Morgan fingerprint density at radius 1 is 1.06 bits per heavy atom. The highest BCUT2D eigenvalue weighted by molar-refractivity contribution is 7.98. The van der Waals surface area contributed by atoms with E-state index in [4.69, 9.17) is 5.73 Å². The van der Waals surface area contributed by atoms with Crippen molar-refractivity contribution < 1.29 is 4.39 Å². The number of aryl methyl sites for hydroxylation is 1. The Hall–Kier alpha value is -1.32. The van der Waals surface area contributed by atoms with Crippen LogP contribution < -0.4 is 5.73 Å². The van der Waals surface area contributed by atoms with Crippen molar-refractivity contribution in [2.75, 3.05) is 0 Å². The minimum absolute atomic E-state index is 0.211. The molecule has 0 aliphatic carbocycles. The Labute approximate surface area is 111 Å². The summed E-state index contributed by atoms with van der Waals surface area (Å²) in [5.41, 5.74) is 8.60. The molecule has 0 radical (unpaired) electrons.